The molecule has 1 unspecified atom stereocenters. The number of carbonyl (C=O) groups excluding carboxylic acids is 1. The standard InChI is InChI=1S/C18H27N3O5S/c22-18(19-6-7-21-8-11-25-12-9-21)15-3-1-5-17(13-15)27(23,24)20-14-16-4-2-10-26-16/h1,3,5,13,16,20H,2,4,6-12,14H2,(H,19,22). The van der Waals surface area contributed by atoms with Gasteiger partial charge < -0.3 is 14.8 Å². The van der Waals surface area contributed by atoms with Gasteiger partial charge >= 0.3 is 0 Å². The zero-order valence-corrected chi connectivity index (χ0v) is 16.2. The Morgan fingerprint density at radius 2 is 2.04 bits per heavy atom. The Hall–Kier alpha value is -1.52. The van der Waals surface area contributed by atoms with E-state index in [2.05, 4.69) is 14.9 Å². The molecule has 2 N–H and O–H groups in total. The van der Waals surface area contributed by atoms with E-state index in [0.29, 0.717) is 31.9 Å². The van der Waals surface area contributed by atoms with Gasteiger partial charge in [0.1, 0.15) is 0 Å². The fourth-order valence-corrected chi connectivity index (χ4v) is 4.26. The van der Waals surface area contributed by atoms with Gasteiger partial charge in [0.25, 0.3) is 5.91 Å². The maximum Gasteiger partial charge on any atom is 0.251 e. The second-order valence-corrected chi connectivity index (χ2v) is 8.49. The summed E-state index contributed by atoms with van der Waals surface area (Å²) >= 11 is 0. The van der Waals surface area contributed by atoms with Crippen LogP contribution in [0.15, 0.2) is 29.2 Å². The van der Waals surface area contributed by atoms with E-state index >= 15 is 0 Å². The Kier molecular flexibility index (Phi) is 7.20. The molecule has 0 saturated carbocycles. The van der Waals surface area contributed by atoms with Crippen molar-refractivity contribution in [3.05, 3.63) is 29.8 Å². The monoisotopic (exact) mass is 397 g/mol. The SMILES string of the molecule is O=C(NCCN1CCOCC1)c1cccc(S(=O)(=O)NCC2CCCO2)c1. The van der Waals surface area contributed by atoms with Crippen molar-refractivity contribution < 1.29 is 22.7 Å². The number of benzene rings is 1. The predicted octanol–water partition coefficient (Wildman–Crippen LogP) is 0.206. The van der Waals surface area contributed by atoms with Gasteiger partial charge in [0.2, 0.25) is 10.0 Å². The van der Waals surface area contributed by atoms with Crippen molar-refractivity contribution in [3.63, 3.8) is 0 Å². The molecule has 0 spiro atoms. The van der Waals surface area contributed by atoms with Gasteiger partial charge in [-0.05, 0) is 31.0 Å². The van der Waals surface area contributed by atoms with Crippen LogP contribution in [0.4, 0.5) is 0 Å². The minimum atomic E-state index is -3.67. The first-order valence-corrected chi connectivity index (χ1v) is 10.8. The third-order valence-corrected chi connectivity index (χ3v) is 6.17. The van der Waals surface area contributed by atoms with Crippen LogP contribution in [-0.2, 0) is 19.5 Å². The van der Waals surface area contributed by atoms with Crippen LogP contribution in [0, 0.1) is 0 Å². The van der Waals surface area contributed by atoms with Crippen molar-refractivity contribution in [2.75, 3.05) is 52.5 Å². The molecular formula is C18H27N3O5S. The quantitative estimate of drug-likeness (QED) is 0.651. The fourth-order valence-electron chi connectivity index (χ4n) is 3.15. The van der Waals surface area contributed by atoms with Crippen LogP contribution in [0.25, 0.3) is 0 Å². The van der Waals surface area contributed by atoms with Gasteiger partial charge in [0.15, 0.2) is 0 Å². The first kappa shape index (κ1) is 20.2. The molecule has 150 valence electrons. The predicted molar refractivity (Wildman–Crippen MR) is 100 cm³/mol. The molecule has 3 rings (SSSR count). The number of carbonyl (C=O) groups is 1. The number of sulfonamides is 1. The Morgan fingerprint density at radius 3 is 2.78 bits per heavy atom. The molecule has 0 aliphatic carbocycles. The molecule has 2 aliphatic rings. The van der Waals surface area contributed by atoms with Crippen molar-refractivity contribution in [2.24, 2.45) is 0 Å². The minimum absolute atomic E-state index is 0.0774. The molecule has 1 aromatic carbocycles. The van der Waals surface area contributed by atoms with E-state index in [9.17, 15) is 13.2 Å². The van der Waals surface area contributed by atoms with Gasteiger partial charge in [-0.1, -0.05) is 6.07 Å². The van der Waals surface area contributed by atoms with E-state index in [1.54, 1.807) is 12.1 Å². The number of nitrogens with zero attached hydrogens (tertiary/aromatic N) is 1. The van der Waals surface area contributed by atoms with E-state index in [4.69, 9.17) is 9.47 Å². The molecule has 8 nitrogen and oxygen atoms in total. The average Bonchev–Trinajstić information content (AvgIpc) is 3.21. The number of amides is 1. The Labute approximate surface area is 160 Å². The van der Waals surface area contributed by atoms with Crippen molar-refractivity contribution in [2.45, 2.75) is 23.8 Å². The summed E-state index contributed by atoms with van der Waals surface area (Å²) in [5.41, 5.74) is 0.331. The summed E-state index contributed by atoms with van der Waals surface area (Å²) < 4.78 is 38.2. The zero-order chi connectivity index (χ0) is 19.1. The first-order valence-electron chi connectivity index (χ1n) is 9.34. The van der Waals surface area contributed by atoms with Crippen molar-refractivity contribution in [3.8, 4) is 0 Å². The van der Waals surface area contributed by atoms with Crippen LogP contribution in [0.5, 0.6) is 0 Å². The fraction of sp³-hybridized carbons (Fsp3) is 0.611. The number of hydrogen-bond acceptors (Lipinski definition) is 6. The second-order valence-electron chi connectivity index (χ2n) is 6.72. The highest BCUT2D eigenvalue weighted by Gasteiger charge is 2.21. The highest BCUT2D eigenvalue weighted by molar-refractivity contribution is 7.89. The van der Waals surface area contributed by atoms with Gasteiger partial charge in [0, 0.05) is 44.9 Å². The van der Waals surface area contributed by atoms with Gasteiger partial charge in [-0.3, -0.25) is 9.69 Å². The lowest BCUT2D eigenvalue weighted by atomic mass is 10.2. The van der Waals surface area contributed by atoms with E-state index in [0.717, 1.165) is 32.5 Å². The highest BCUT2D eigenvalue weighted by Crippen LogP contribution is 2.14. The summed E-state index contributed by atoms with van der Waals surface area (Å²) in [6.45, 7) is 5.33. The normalized spacial score (nSPS) is 21.3. The number of morpholine rings is 1. The highest BCUT2D eigenvalue weighted by atomic mass is 32.2. The number of hydrogen-bond donors (Lipinski definition) is 2. The maximum atomic E-state index is 12.5. The van der Waals surface area contributed by atoms with Crippen molar-refractivity contribution >= 4 is 15.9 Å². The molecule has 2 aliphatic heterocycles. The van der Waals surface area contributed by atoms with Gasteiger partial charge in [-0.25, -0.2) is 13.1 Å². The van der Waals surface area contributed by atoms with E-state index < -0.39 is 10.0 Å². The summed E-state index contributed by atoms with van der Waals surface area (Å²) in [5, 5.41) is 2.85. The van der Waals surface area contributed by atoms with Gasteiger partial charge in [-0.15, -0.1) is 0 Å². The van der Waals surface area contributed by atoms with Crippen molar-refractivity contribution in [1.82, 2.24) is 14.9 Å². The van der Waals surface area contributed by atoms with Crippen LogP contribution in [-0.4, -0.2) is 77.9 Å². The van der Waals surface area contributed by atoms with Crippen LogP contribution in [0.3, 0.4) is 0 Å². The molecule has 27 heavy (non-hydrogen) atoms. The molecule has 1 amide bonds. The first-order chi connectivity index (χ1) is 13.0. The minimum Gasteiger partial charge on any atom is -0.379 e. The second kappa shape index (κ2) is 9.61. The Balaban J connectivity index is 1.52. The van der Waals surface area contributed by atoms with Crippen LogP contribution < -0.4 is 10.0 Å². The van der Waals surface area contributed by atoms with Crippen LogP contribution in [0.2, 0.25) is 0 Å². The molecule has 0 radical (unpaired) electrons. The summed E-state index contributed by atoms with van der Waals surface area (Å²) in [5.74, 6) is -0.278. The van der Waals surface area contributed by atoms with Crippen LogP contribution in [0.1, 0.15) is 23.2 Å². The third-order valence-electron chi connectivity index (χ3n) is 4.75. The summed E-state index contributed by atoms with van der Waals surface area (Å²) in [6.07, 6.45) is 1.73. The van der Waals surface area contributed by atoms with Crippen molar-refractivity contribution in [1.29, 1.82) is 0 Å². The molecular weight excluding hydrogens is 370 g/mol. The summed E-state index contributed by atoms with van der Waals surface area (Å²) in [7, 11) is -3.67. The lowest BCUT2D eigenvalue weighted by Crippen LogP contribution is -2.41. The van der Waals surface area contributed by atoms with Gasteiger partial charge in [-0.2, -0.15) is 0 Å². The molecule has 2 heterocycles. The average molecular weight is 397 g/mol. The molecule has 2 saturated heterocycles. The molecule has 9 heteroatoms. The lowest BCUT2D eigenvalue weighted by Gasteiger charge is -2.26. The molecule has 1 aromatic rings. The number of nitrogens with one attached hydrogen (secondary N) is 2. The summed E-state index contributed by atoms with van der Waals surface area (Å²) in [6, 6.07) is 6.09. The topological polar surface area (TPSA) is 97.0 Å². The largest absolute Gasteiger partial charge is 0.379 e. The van der Waals surface area contributed by atoms with Crippen LogP contribution >= 0.6 is 0 Å². The molecule has 2 fully saturated rings. The third kappa shape index (κ3) is 5.98. The van der Waals surface area contributed by atoms with E-state index in [-0.39, 0.29) is 23.5 Å². The Bertz CT molecular complexity index is 728. The van der Waals surface area contributed by atoms with E-state index in [1.807, 2.05) is 0 Å². The van der Waals surface area contributed by atoms with Gasteiger partial charge in [0.05, 0.1) is 24.2 Å². The number of rotatable bonds is 8. The Morgan fingerprint density at radius 1 is 1.22 bits per heavy atom. The molecule has 1 atom stereocenters. The lowest BCUT2D eigenvalue weighted by molar-refractivity contribution is 0.0383. The smallest absolute Gasteiger partial charge is 0.251 e. The summed E-state index contributed by atoms with van der Waals surface area (Å²) in [4.78, 5) is 14.6. The maximum absolute atomic E-state index is 12.5. The van der Waals surface area contributed by atoms with E-state index in [1.165, 1.54) is 12.1 Å². The molecule has 0 bridgehead atoms. The zero-order valence-electron chi connectivity index (χ0n) is 15.4. The number of ether oxygens (including phenoxy) is 2. The molecule has 0 aromatic heterocycles.